The standard InChI is InChI=1S/C20H19ClN2O3S/c1-14-7-9-15(10-8-14)27(25,26)23-13-16(19(24)11-12-22(2)3)20-17(21)5-4-6-18(20)23/h4-13H,1-3H3/b12-11+. The minimum absolute atomic E-state index is 0.146. The van der Waals surface area contributed by atoms with Crippen molar-refractivity contribution in [2.45, 2.75) is 11.8 Å². The maximum absolute atomic E-state index is 13.2. The SMILES string of the molecule is Cc1ccc(S(=O)(=O)n2cc(C(=O)/C=C/N(C)C)c3c(Cl)cccc32)cc1. The molecule has 0 N–H and O–H groups in total. The number of aryl methyl sites for hydroxylation is 1. The van der Waals surface area contributed by atoms with Gasteiger partial charge in [0, 0.05) is 38.0 Å². The third kappa shape index (κ3) is 3.63. The highest BCUT2D eigenvalue weighted by Crippen LogP contribution is 2.32. The van der Waals surface area contributed by atoms with Gasteiger partial charge in [-0.15, -0.1) is 0 Å². The van der Waals surface area contributed by atoms with Gasteiger partial charge in [0.05, 0.1) is 21.0 Å². The lowest BCUT2D eigenvalue weighted by molar-refractivity contribution is 0.104. The largest absolute Gasteiger partial charge is 0.383 e. The highest BCUT2D eigenvalue weighted by atomic mass is 35.5. The van der Waals surface area contributed by atoms with E-state index in [1.54, 1.807) is 67.7 Å². The summed E-state index contributed by atoms with van der Waals surface area (Å²) in [6.07, 6.45) is 4.34. The van der Waals surface area contributed by atoms with E-state index in [1.807, 2.05) is 6.92 Å². The normalized spacial score (nSPS) is 12.0. The second-order valence-corrected chi connectivity index (χ2v) is 8.66. The Balaban J connectivity index is 2.24. The van der Waals surface area contributed by atoms with Crippen LogP contribution in [0.1, 0.15) is 15.9 Å². The summed E-state index contributed by atoms with van der Waals surface area (Å²) in [4.78, 5) is 14.5. The zero-order valence-electron chi connectivity index (χ0n) is 15.2. The number of rotatable bonds is 5. The lowest BCUT2D eigenvalue weighted by Gasteiger charge is -2.08. The summed E-state index contributed by atoms with van der Waals surface area (Å²) >= 11 is 6.30. The fourth-order valence-corrected chi connectivity index (χ4v) is 4.36. The molecule has 27 heavy (non-hydrogen) atoms. The second-order valence-electron chi connectivity index (χ2n) is 6.43. The molecule has 5 nitrogen and oxygen atoms in total. The van der Waals surface area contributed by atoms with Crippen LogP contribution in [0.4, 0.5) is 0 Å². The highest BCUT2D eigenvalue weighted by Gasteiger charge is 2.24. The molecule has 0 atom stereocenters. The number of allylic oxidation sites excluding steroid dienone is 1. The third-order valence-corrected chi connectivity index (χ3v) is 6.11. The lowest BCUT2D eigenvalue weighted by atomic mass is 10.1. The predicted octanol–water partition coefficient (Wildman–Crippen LogP) is 4.10. The summed E-state index contributed by atoms with van der Waals surface area (Å²) in [7, 11) is -0.285. The van der Waals surface area contributed by atoms with Gasteiger partial charge in [0.2, 0.25) is 0 Å². The maximum Gasteiger partial charge on any atom is 0.268 e. The van der Waals surface area contributed by atoms with E-state index in [1.165, 1.54) is 12.3 Å². The van der Waals surface area contributed by atoms with Crippen molar-refractivity contribution in [1.29, 1.82) is 0 Å². The van der Waals surface area contributed by atoms with Crippen LogP contribution in [0, 0.1) is 6.92 Å². The van der Waals surface area contributed by atoms with E-state index in [-0.39, 0.29) is 16.2 Å². The molecule has 0 amide bonds. The van der Waals surface area contributed by atoms with E-state index in [2.05, 4.69) is 0 Å². The van der Waals surface area contributed by atoms with Crippen molar-refractivity contribution in [2.24, 2.45) is 0 Å². The molecule has 0 saturated heterocycles. The van der Waals surface area contributed by atoms with Crippen molar-refractivity contribution in [3.63, 3.8) is 0 Å². The van der Waals surface area contributed by atoms with Crippen LogP contribution in [0.5, 0.6) is 0 Å². The molecule has 140 valence electrons. The van der Waals surface area contributed by atoms with Gasteiger partial charge >= 0.3 is 0 Å². The van der Waals surface area contributed by atoms with Crippen molar-refractivity contribution >= 4 is 38.3 Å². The van der Waals surface area contributed by atoms with Crippen molar-refractivity contribution < 1.29 is 13.2 Å². The van der Waals surface area contributed by atoms with Gasteiger partial charge in [-0.3, -0.25) is 4.79 Å². The average molecular weight is 403 g/mol. The lowest BCUT2D eigenvalue weighted by Crippen LogP contribution is -2.12. The van der Waals surface area contributed by atoms with Crippen molar-refractivity contribution in [1.82, 2.24) is 8.87 Å². The molecule has 0 aliphatic heterocycles. The molecule has 0 saturated carbocycles. The van der Waals surface area contributed by atoms with Gasteiger partial charge in [-0.25, -0.2) is 12.4 Å². The monoisotopic (exact) mass is 402 g/mol. The van der Waals surface area contributed by atoms with Crippen LogP contribution in [-0.2, 0) is 10.0 Å². The van der Waals surface area contributed by atoms with Gasteiger partial charge in [-0.1, -0.05) is 35.4 Å². The molecule has 3 aromatic rings. The van der Waals surface area contributed by atoms with Gasteiger partial charge in [0.25, 0.3) is 10.0 Å². The first kappa shape index (κ1) is 19.2. The molecule has 0 aliphatic rings. The molecule has 0 aliphatic carbocycles. The first-order valence-corrected chi connectivity index (χ1v) is 10.0. The first-order valence-electron chi connectivity index (χ1n) is 8.22. The quantitative estimate of drug-likeness (QED) is 0.476. The van der Waals surface area contributed by atoms with Gasteiger partial charge in [-0.2, -0.15) is 0 Å². The molecule has 0 spiro atoms. The van der Waals surface area contributed by atoms with Gasteiger partial charge in [-0.05, 0) is 31.2 Å². The zero-order valence-corrected chi connectivity index (χ0v) is 16.8. The van der Waals surface area contributed by atoms with Crippen LogP contribution in [0.15, 0.2) is 65.8 Å². The fraction of sp³-hybridized carbons (Fsp3) is 0.150. The number of halogens is 1. The molecule has 3 rings (SSSR count). The first-order chi connectivity index (χ1) is 12.7. The maximum atomic E-state index is 13.2. The van der Waals surface area contributed by atoms with Crippen LogP contribution in [0.25, 0.3) is 10.9 Å². The number of carbonyl (C=O) groups is 1. The summed E-state index contributed by atoms with van der Waals surface area (Å²) in [5, 5.41) is 0.746. The van der Waals surface area contributed by atoms with E-state index in [0.717, 1.165) is 9.54 Å². The summed E-state index contributed by atoms with van der Waals surface area (Å²) in [6.45, 7) is 1.88. The molecular formula is C20H19ClN2O3S. The molecular weight excluding hydrogens is 384 g/mol. The van der Waals surface area contributed by atoms with Crippen LogP contribution >= 0.6 is 11.6 Å². The van der Waals surface area contributed by atoms with E-state index >= 15 is 0 Å². The number of carbonyl (C=O) groups excluding carboxylic acids is 1. The van der Waals surface area contributed by atoms with Crippen LogP contribution in [-0.4, -0.2) is 37.2 Å². The molecule has 1 aromatic heterocycles. The highest BCUT2D eigenvalue weighted by molar-refractivity contribution is 7.90. The minimum atomic E-state index is -3.87. The van der Waals surface area contributed by atoms with Gasteiger partial charge in [0.1, 0.15) is 0 Å². The van der Waals surface area contributed by atoms with Gasteiger partial charge < -0.3 is 4.90 Å². The Morgan fingerprint density at radius 1 is 1.11 bits per heavy atom. The topological polar surface area (TPSA) is 59.4 Å². The molecule has 7 heteroatoms. The Labute approximate surface area is 163 Å². The smallest absolute Gasteiger partial charge is 0.268 e. The molecule has 1 heterocycles. The molecule has 2 aromatic carbocycles. The Bertz CT molecular complexity index is 1140. The Morgan fingerprint density at radius 3 is 2.41 bits per heavy atom. The van der Waals surface area contributed by atoms with Gasteiger partial charge in [0.15, 0.2) is 5.78 Å². The van der Waals surface area contributed by atoms with Crippen molar-refractivity contribution in [2.75, 3.05) is 14.1 Å². The molecule has 0 fully saturated rings. The number of benzene rings is 2. The summed E-state index contributed by atoms with van der Waals surface area (Å²) in [5.41, 5.74) is 1.56. The van der Waals surface area contributed by atoms with Crippen LogP contribution in [0.3, 0.4) is 0 Å². The number of hydrogen-bond donors (Lipinski definition) is 0. The second kappa shape index (κ2) is 7.21. The number of nitrogens with zero attached hydrogens (tertiary/aromatic N) is 2. The van der Waals surface area contributed by atoms with Crippen molar-refractivity contribution in [3.05, 3.63) is 77.1 Å². The molecule has 0 bridgehead atoms. The third-order valence-electron chi connectivity index (χ3n) is 4.11. The average Bonchev–Trinajstić information content (AvgIpc) is 3.02. The fourth-order valence-electron chi connectivity index (χ4n) is 2.73. The van der Waals surface area contributed by atoms with E-state index in [9.17, 15) is 13.2 Å². The van der Waals surface area contributed by atoms with E-state index in [4.69, 9.17) is 11.6 Å². The summed E-state index contributed by atoms with van der Waals surface area (Å²) in [5.74, 6) is -0.320. The number of ketones is 1. The van der Waals surface area contributed by atoms with Crippen LogP contribution < -0.4 is 0 Å². The molecule has 0 radical (unpaired) electrons. The Hall–Kier alpha value is -2.57. The summed E-state index contributed by atoms with van der Waals surface area (Å²) < 4.78 is 27.4. The minimum Gasteiger partial charge on any atom is -0.383 e. The van der Waals surface area contributed by atoms with E-state index < -0.39 is 10.0 Å². The predicted molar refractivity (Wildman–Crippen MR) is 108 cm³/mol. The molecule has 0 unspecified atom stereocenters. The Kier molecular flexibility index (Phi) is 5.13. The number of aromatic nitrogens is 1. The Morgan fingerprint density at radius 2 is 1.78 bits per heavy atom. The van der Waals surface area contributed by atoms with Crippen LogP contribution in [0.2, 0.25) is 5.02 Å². The zero-order chi connectivity index (χ0) is 19.8. The number of hydrogen-bond acceptors (Lipinski definition) is 4. The summed E-state index contributed by atoms with van der Waals surface area (Å²) in [6, 6.07) is 11.5. The van der Waals surface area contributed by atoms with E-state index in [0.29, 0.717) is 15.9 Å². The number of fused-ring (bicyclic) bond motifs is 1. The van der Waals surface area contributed by atoms with Crippen molar-refractivity contribution in [3.8, 4) is 0 Å².